The second kappa shape index (κ2) is 7.55. The molecule has 0 atom stereocenters. The molecule has 0 radical (unpaired) electrons. The molecular weight excluding hydrogens is 382 g/mol. The number of halogens is 1. The Hall–Kier alpha value is -2.94. The lowest BCUT2D eigenvalue weighted by Crippen LogP contribution is -2.18. The highest BCUT2D eigenvalue weighted by atomic mass is 79.9. The molecule has 0 bridgehead atoms. The second-order valence-electron chi connectivity index (χ2n) is 4.54. The molecular formula is C15H12BrN3O5. The van der Waals surface area contributed by atoms with Crippen LogP contribution in [0.2, 0.25) is 0 Å². The smallest absolute Gasteiger partial charge is 0.275 e. The molecule has 124 valence electrons. The van der Waals surface area contributed by atoms with E-state index in [1.165, 1.54) is 31.5 Å². The Balaban J connectivity index is 2.20. The summed E-state index contributed by atoms with van der Waals surface area (Å²) in [5.74, 6) is -0.510. The van der Waals surface area contributed by atoms with Crippen LogP contribution in [0.1, 0.15) is 15.9 Å². The third-order valence-electron chi connectivity index (χ3n) is 3.00. The number of hydrazone groups is 1. The lowest BCUT2D eigenvalue weighted by atomic mass is 10.1. The number of carbonyl (C=O) groups excluding carboxylic acids is 1. The number of nitro groups is 1. The number of ether oxygens (including phenoxy) is 1. The lowest BCUT2D eigenvalue weighted by Gasteiger charge is -2.06. The average molecular weight is 394 g/mol. The molecule has 8 nitrogen and oxygen atoms in total. The molecule has 0 aliphatic heterocycles. The molecule has 0 heterocycles. The zero-order valence-corrected chi connectivity index (χ0v) is 14.0. The highest BCUT2D eigenvalue weighted by Gasteiger charge is 2.17. The molecule has 0 aliphatic rings. The van der Waals surface area contributed by atoms with Gasteiger partial charge in [0.1, 0.15) is 11.5 Å². The fourth-order valence-corrected chi connectivity index (χ4v) is 2.22. The van der Waals surface area contributed by atoms with E-state index in [0.29, 0.717) is 5.56 Å². The van der Waals surface area contributed by atoms with Crippen molar-refractivity contribution in [1.29, 1.82) is 0 Å². The molecule has 0 saturated carbocycles. The second-order valence-corrected chi connectivity index (χ2v) is 5.46. The van der Waals surface area contributed by atoms with Gasteiger partial charge < -0.3 is 9.84 Å². The Morgan fingerprint density at radius 2 is 2.12 bits per heavy atom. The fourth-order valence-electron chi connectivity index (χ4n) is 1.84. The van der Waals surface area contributed by atoms with E-state index in [4.69, 9.17) is 4.74 Å². The zero-order valence-electron chi connectivity index (χ0n) is 12.4. The number of rotatable bonds is 5. The number of nitrogens with zero attached hydrogens (tertiary/aromatic N) is 2. The first-order valence-electron chi connectivity index (χ1n) is 6.56. The van der Waals surface area contributed by atoms with Crippen LogP contribution in [0.15, 0.2) is 46.0 Å². The molecule has 1 amide bonds. The number of nitro benzene ring substituents is 1. The Bertz CT molecular complexity index is 823. The summed E-state index contributed by atoms with van der Waals surface area (Å²) in [6, 6.07) is 8.39. The molecule has 0 fully saturated rings. The predicted octanol–water partition coefficient (Wildman–Crippen LogP) is 2.84. The fraction of sp³-hybridized carbons (Fsp3) is 0.0667. The minimum atomic E-state index is -0.679. The first-order valence-corrected chi connectivity index (χ1v) is 7.36. The first kappa shape index (κ1) is 17.4. The summed E-state index contributed by atoms with van der Waals surface area (Å²) in [4.78, 5) is 22.3. The number of phenols is 1. The molecule has 2 aromatic carbocycles. The number of amides is 1. The number of nitrogens with one attached hydrogen (secondary N) is 1. The number of benzene rings is 2. The van der Waals surface area contributed by atoms with Crippen molar-refractivity contribution in [2.45, 2.75) is 0 Å². The van der Waals surface area contributed by atoms with Crippen molar-refractivity contribution in [3.63, 3.8) is 0 Å². The van der Waals surface area contributed by atoms with Crippen LogP contribution in [0.3, 0.4) is 0 Å². The van der Waals surface area contributed by atoms with Gasteiger partial charge in [0.15, 0.2) is 0 Å². The van der Waals surface area contributed by atoms with Gasteiger partial charge >= 0.3 is 0 Å². The third-order valence-corrected chi connectivity index (χ3v) is 3.49. The van der Waals surface area contributed by atoms with Crippen molar-refractivity contribution in [3.8, 4) is 11.5 Å². The van der Waals surface area contributed by atoms with E-state index in [0.717, 1.165) is 10.5 Å². The van der Waals surface area contributed by atoms with Crippen LogP contribution in [0.4, 0.5) is 5.69 Å². The molecule has 9 heteroatoms. The summed E-state index contributed by atoms with van der Waals surface area (Å²) in [6.45, 7) is 0. The number of aromatic hydroxyl groups is 1. The van der Waals surface area contributed by atoms with E-state index in [1.807, 2.05) is 0 Å². The van der Waals surface area contributed by atoms with E-state index >= 15 is 0 Å². The molecule has 0 spiro atoms. The maximum Gasteiger partial charge on any atom is 0.275 e. The monoisotopic (exact) mass is 393 g/mol. The zero-order chi connectivity index (χ0) is 17.7. The summed E-state index contributed by atoms with van der Waals surface area (Å²) in [5.41, 5.74) is 2.35. The van der Waals surface area contributed by atoms with Gasteiger partial charge in [0.2, 0.25) is 0 Å². The highest BCUT2D eigenvalue weighted by molar-refractivity contribution is 9.10. The van der Waals surface area contributed by atoms with Crippen LogP contribution in [-0.4, -0.2) is 29.3 Å². The van der Waals surface area contributed by atoms with Crippen LogP contribution in [0, 0.1) is 10.1 Å². The van der Waals surface area contributed by atoms with E-state index < -0.39 is 10.8 Å². The molecule has 0 unspecified atom stereocenters. The predicted molar refractivity (Wildman–Crippen MR) is 90.5 cm³/mol. The van der Waals surface area contributed by atoms with Gasteiger partial charge in [-0.1, -0.05) is 15.9 Å². The summed E-state index contributed by atoms with van der Waals surface area (Å²) < 4.78 is 5.75. The van der Waals surface area contributed by atoms with Gasteiger partial charge in [-0.15, -0.1) is 0 Å². The number of carbonyl (C=O) groups is 1. The van der Waals surface area contributed by atoms with Crippen molar-refractivity contribution >= 4 is 33.7 Å². The van der Waals surface area contributed by atoms with Crippen molar-refractivity contribution in [1.82, 2.24) is 5.43 Å². The quantitative estimate of drug-likeness (QED) is 0.460. The van der Waals surface area contributed by atoms with Gasteiger partial charge in [-0.25, -0.2) is 5.43 Å². The molecule has 2 rings (SSSR count). The minimum absolute atomic E-state index is 0.0101. The molecule has 2 N–H and O–H groups in total. The summed E-state index contributed by atoms with van der Waals surface area (Å²) >= 11 is 3.25. The van der Waals surface area contributed by atoms with Gasteiger partial charge in [-0.2, -0.15) is 5.10 Å². The molecule has 2 aromatic rings. The highest BCUT2D eigenvalue weighted by Crippen LogP contribution is 2.24. The minimum Gasteiger partial charge on any atom is -0.507 e. The Morgan fingerprint density at radius 3 is 2.79 bits per heavy atom. The Kier molecular flexibility index (Phi) is 5.48. The lowest BCUT2D eigenvalue weighted by molar-refractivity contribution is -0.384. The third kappa shape index (κ3) is 4.07. The van der Waals surface area contributed by atoms with E-state index in [-0.39, 0.29) is 22.7 Å². The average Bonchev–Trinajstić information content (AvgIpc) is 2.57. The normalized spacial score (nSPS) is 10.6. The number of non-ortho nitro benzene ring substituents is 1. The summed E-state index contributed by atoms with van der Waals surface area (Å²) in [7, 11) is 1.35. The number of methoxy groups -OCH3 is 1. The standard InChI is InChI=1S/C15H12BrN3O5/c1-24-14-5-3-11(19(22)23)7-12(14)15(21)18-17-8-9-6-10(16)2-4-13(9)20/h2-8,20H,1H3,(H,18,21)/b17-8-. The van der Waals surface area contributed by atoms with E-state index in [9.17, 15) is 20.0 Å². The van der Waals surface area contributed by atoms with Crippen LogP contribution < -0.4 is 10.2 Å². The van der Waals surface area contributed by atoms with E-state index in [1.54, 1.807) is 12.1 Å². The van der Waals surface area contributed by atoms with Gasteiger partial charge in [-0.3, -0.25) is 14.9 Å². The van der Waals surface area contributed by atoms with Crippen molar-refractivity contribution < 1.29 is 19.6 Å². The van der Waals surface area contributed by atoms with Gasteiger partial charge in [0.25, 0.3) is 11.6 Å². The van der Waals surface area contributed by atoms with Crippen LogP contribution in [0.25, 0.3) is 0 Å². The maximum atomic E-state index is 12.1. The maximum absolute atomic E-state index is 12.1. The van der Waals surface area contributed by atoms with Crippen LogP contribution in [0.5, 0.6) is 11.5 Å². The largest absolute Gasteiger partial charge is 0.507 e. The number of hydrogen-bond donors (Lipinski definition) is 2. The topological polar surface area (TPSA) is 114 Å². The molecule has 0 saturated heterocycles. The van der Waals surface area contributed by atoms with Gasteiger partial charge in [-0.05, 0) is 24.3 Å². The Morgan fingerprint density at radius 1 is 1.38 bits per heavy atom. The van der Waals surface area contributed by atoms with Gasteiger partial charge in [0.05, 0.1) is 23.8 Å². The van der Waals surface area contributed by atoms with E-state index in [2.05, 4.69) is 26.5 Å². The van der Waals surface area contributed by atoms with Crippen molar-refractivity contribution in [2.24, 2.45) is 5.10 Å². The molecule has 24 heavy (non-hydrogen) atoms. The SMILES string of the molecule is COc1ccc([N+](=O)[O-])cc1C(=O)N/N=C\c1cc(Br)ccc1O. The summed E-state index contributed by atoms with van der Waals surface area (Å²) in [6.07, 6.45) is 1.25. The first-order chi connectivity index (χ1) is 11.4. The Labute approximate surface area is 145 Å². The summed E-state index contributed by atoms with van der Waals surface area (Å²) in [5, 5.41) is 24.2. The van der Waals surface area contributed by atoms with Crippen LogP contribution >= 0.6 is 15.9 Å². The number of phenolic OH excluding ortho intramolecular Hbond substituents is 1. The molecule has 0 aliphatic carbocycles. The van der Waals surface area contributed by atoms with Crippen LogP contribution in [-0.2, 0) is 0 Å². The number of hydrogen-bond acceptors (Lipinski definition) is 6. The van der Waals surface area contributed by atoms with Crippen molar-refractivity contribution in [3.05, 3.63) is 62.1 Å². The molecule has 0 aromatic heterocycles. The van der Waals surface area contributed by atoms with Gasteiger partial charge in [0, 0.05) is 22.2 Å². The van der Waals surface area contributed by atoms with Crippen molar-refractivity contribution in [2.75, 3.05) is 7.11 Å².